The lowest BCUT2D eigenvalue weighted by molar-refractivity contribution is 0.660. The van der Waals surface area contributed by atoms with Crippen LogP contribution in [0.1, 0.15) is 61.1 Å². The molecule has 2 heteroatoms. The Morgan fingerprint density at radius 2 is 0.541 bits per heavy atom. The highest BCUT2D eigenvalue weighted by molar-refractivity contribution is 6.07. The molecule has 14 rings (SSSR count). The van der Waals surface area contributed by atoms with Crippen LogP contribution in [-0.2, 0) is 10.8 Å². The SMILES string of the molecule is CC1(C)c2cc(/C=C/c3ccc4c(c3)C(C)(C)c3cc(N(c5cccc6ccccc56)c5cccc6ccccc56)ccc3-4)ccc2-c2ccc(N(c3cccc4ccccc34)c3cccc4ccccc34)cc21. The molecule has 0 atom stereocenters. The van der Waals surface area contributed by atoms with Crippen molar-refractivity contribution in [3.8, 4) is 22.3 Å². The maximum absolute atomic E-state index is 2.47. The van der Waals surface area contributed by atoms with E-state index >= 15 is 0 Å². The van der Waals surface area contributed by atoms with Gasteiger partial charge in [-0.05, 0) is 126 Å². The number of hydrogen-bond donors (Lipinski definition) is 0. The third-order valence-electron chi connectivity index (χ3n) is 16.4. The molecule has 0 radical (unpaired) electrons. The molecule has 74 heavy (non-hydrogen) atoms. The Hall–Kier alpha value is -8.98. The molecule has 2 nitrogen and oxygen atoms in total. The summed E-state index contributed by atoms with van der Waals surface area (Å²) < 4.78 is 0. The van der Waals surface area contributed by atoms with E-state index < -0.39 is 0 Å². The minimum Gasteiger partial charge on any atom is -0.309 e. The molecular formula is C72H54N2. The minimum absolute atomic E-state index is 0.216. The maximum atomic E-state index is 2.47. The summed E-state index contributed by atoms with van der Waals surface area (Å²) in [5.41, 5.74) is 19.6. The van der Waals surface area contributed by atoms with E-state index in [-0.39, 0.29) is 10.8 Å². The fraction of sp³-hybridized carbons (Fsp3) is 0.0833. The van der Waals surface area contributed by atoms with Crippen molar-refractivity contribution in [1.29, 1.82) is 0 Å². The first-order valence-electron chi connectivity index (χ1n) is 26.0. The summed E-state index contributed by atoms with van der Waals surface area (Å²) in [4.78, 5) is 4.95. The van der Waals surface area contributed by atoms with Gasteiger partial charge in [0, 0.05) is 43.7 Å². The molecule has 0 saturated heterocycles. The lowest BCUT2D eigenvalue weighted by atomic mass is 9.81. The van der Waals surface area contributed by atoms with Gasteiger partial charge in [-0.2, -0.15) is 0 Å². The maximum Gasteiger partial charge on any atom is 0.0540 e. The van der Waals surface area contributed by atoms with Gasteiger partial charge in [0.2, 0.25) is 0 Å². The van der Waals surface area contributed by atoms with Crippen LogP contribution in [0.15, 0.2) is 243 Å². The van der Waals surface area contributed by atoms with Gasteiger partial charge in [0.15, 0.2) is 0 Å². The van der Waals surface area contributed by atoms with E-state index in [1.165, 1.54) is 121 Å². The highest BCUT2D eigenvalue weighted by Gasteiger charge is 2.38. The molecule has 0 fully saturated rings. The molecule has 0 amide bonds. The predicted octanol–water partition coefficient (Wildman–Crippen LogP) is 20.0. The number of benzene rings is 12. The van der Waals surface area contributed by atoms with E-state index in [9.17, 15) is 0 Å². The molecule has 0 spiro atoms. The van der Waals surface area contributed by atoms with Crippen molar-refractivity contribution in [3.05, 3.63) is 276 Å². The van der Waals surface area contributed by atoms with Crippen molar-refractivity contribution in [1.82, 2.24) is 0 Å². The van der Waals surface area contributed by atoms with Crippen LogP contribution in [-0.4, -0.2) is 0 Å². The molecule has 0 aromatic heterocycles. The summed E-state index contributed by atoms with van der Waals surface area (Å²) in [5, 5.41) is 9.81. The zero-order chi connectivity index (χ0) is 49.7. The molecule has 0 aliphatic heterocycles. The Kier molecular flexibility index (Phi) is 9.94. The highest BCUT2D eigenvalue weighted by Crippen LogP contribution is 2.54. The van der Waals surface area contributed by atoms with Crippen LogP contribution in [0.5, 0.6) is 0 Å². The topological polar surface area (TPSA) is 6.48 Å². The average Bonchev–Trinajstić information content (AvgIpc) is 3.81. The Labute approximate surface area is 433 Å². The summed E-state index contributed by atoms with van der Waals surface area (Å²) in [7, 11) is 0. The molecule has 0 bridgehead atoms. The fourth-order valence-corrected chi connectivity index (χ4v) is 12.6. The molecule has 0 saturated carbocycles. The van der Waals surface area contributed by atoms with E-state index in [0.29, 0.717) is 0 Å². The van der Waals surface area contributed by atoms with Crippen molar-refractivity contribution in [2.75, 3.05) is 9.80 Å². The monoisotopic (exact) mass is 946 g/mol. The fourth-order valence-electron chi connectivity index (χ4n) is 12.6. The molecule has 0 unspecified atom stereocenters. The van der Waals surface area contributed by atoms with Gasteiger partial charge < -0.3 is 9.80 Å². The smallest absolute Gasteiger partial charge is 0.0540 e. The van der Waals surface area contributed by atoms with Crippen LogP contribution in [0.3, 0.4) is 0 Å². The molecule has 352 valence electrons. The number of nitrogens with zero attached hydrogens (tertiary/aromatic N) is 2. The summed E-state index contributed by atoms with van der Waals surface area (Å²) in [6.07, 6.45) is 4.60. The molecule has 12 aromatic carbocycles. The van der Waals surface area contributed by atoms with E-state index in [4.69, 9.17) is 0 Å². The van der Waals surface area contributed by atoms with Gasteiger partial charge in [-0.1, -0.05) is 234 Å². The van der Waals surface area contributed by atoms with Crippen molar-refractivity contribution in [2.45, 2.75) is 38.5 Å². The van der Waals surface area contributed by atoms with Crippen molar-refractivity contribution in [3.63, 3.8) is 0 Å². The predicted molar refractivity (Wildman–Crippen MR) is 316 cm³/mol. The van der Waals surface area contributed by atoms with Gasteiger partial charge in [-0.3, -0.25) is 0 Å². The van der Waals surface area contributed by atoms with Crippen molar-refractivity contribution in [2.24, 2.45) is 0 Å². The zero-order valence-corrected chi connectivity index (χ0v) is 42.1. The molecule has 2 aliphatic carbocycles. The number of fused-ring (bicyclic) bond motifs is 10. The van der Waals surface area contributed by atoms with E-state index in [1.54, 1.807) is 0 Å². The summed E-state index contributed by atoms with van der Waals surface area (Å²) in [6, 6.07) is 90.0. The Balaban J connectivity index is 0.794. The first-order chi connectivity index (χ1) is 36.2. The number of hydrogen-bond acceptors (Lipinski definition) is 2. The lowest BCUT2D eigenvalue weighted by Gasteiger charge is -2.30. The summed E-state index contributed by atoms with van der Waals surface area (Å²) in [5.74, 6) is 0. The molecule has 2 aliphatic rings. The third kappa shape index (κ3) is 6.86. The Bertz CT molecular complexity index is 3830. The van der Waals surface area contributed by atoms with Crippen molar-refractivity contribution >= 4 is 89.4 Å². The number of rotatable bonds is 8. The lowest BCUT2D eigenvalue weighted by Crippen LogP contribution is -2.17. The van der Waals surface area contributed by atoms with Gasteiger partial charge >= 0.3 is 0 Å². The van der Waals surface area contributed by atoms with Crippen LogP contribution < -0.4 is 9.80 Å². The molecule has 0 N–H and O–H groups in total. The second kappa shape index (κ2) is 16.8. The minimum atomic E-state index is -0.216. The second-order valence-corrected chi connectivity index (χ2v) is 21.3. The van der Waals surface area contributed by atoms with Gasteiger partial charge in [0.25, 0.3) is 0 Å². The van der Waals surface area contributed by atoms with E-state index in [2.05, 4.69) is 292 Å². The van der Waals surface area contributed by atoms with Crippen LogP contribution in [0.25, 0.3) is 77.5 Å². The third-order valence-corrected chi connectivity index (χ3v) is 16.4. The zero-order valence-electron chi connectivity index (χ0n) is 42.1. The van der Waals surface area contributed by atoms with Crippen LogP contribution in [0.4, 0.5) is 34.1 Å². The van der Waals surface area contributed by atoms with E-state index in [0.717, 1.165) is 11.4 Å². The van der Waals surface area contributed by atoms with Gasteiger partial charge in [0.05, 0.1) is 22.7 Å². The van der Waals surface area contributed by atoms with Crippen LogP contribution in [0.2, 0.25) is 0 Å². The van der Waals surface area contributed by atoms with Gasteiger partial charge in [-0.25, -0.2) is 0 Å². The molecule has 0 heterocycles. The summed E-state index contributed by atoms with van der Waals surface area (Å²) >= 11 is 0. The van der Waals surface area contributed by atoms with Crippen molar-refractivity contribution < 1.29 is 0 Å². The average molecular weight is 947 g/mol. The van der Waals surface area contributed by atoms with Gasteiger partial charge in [0.1, 0.15) is 0 Å². The highest BCUT2D eigenvalue weighted by atomic mass is 15.2. The Morgan fingerprint density at radius 1 is 0.270 bits per heavy atom. The number of anilines is 6. The van der Waals surface area contributed by atoms with Gasteiger partial charge in [-0.15, -0.1) is 0 Å². The first-order valence-corrected chi connectivity index (χ1v) is 26.0. The van der Waals surface area contributed by atoms with Crippen LogP contribution >= 0.6 is 0 Å². The largest absolute Gasteiger partial charge is 0.309 e. The summed E-state index contributed by atoms with van der Waals surface area (Å²) in [6.45, 7) is 9.57. The Morgan fingerprint density at radius 3 is 0.865 bits per heavy atom. The van der Waals surface area contributed by atoms with E-state index in [1.807, 2.05) is 0 Å². The molecule has 12 aromatic rings. The second-order valence-electron chi connectivity index (χ2n) is 21.3. The standard InChI is InChI=1S/C72H54N2/c1-71(2)63-43-47(35-39-59(63)61-41-37-53(45-65(61)71)73(67-29-13-21-49-17-5-9-25-55(49)67)68-30-14-22-50-18-6-10-26-56(50)68)33-34-48-36-40-60-62-42-38-54(46-66(62)72(3,4)64(60)44-48)74(69-31-15-23-51-19-7-11-27-57(51)69)70-32-16-24-52-20-8-12-28-58(52)70/h5-46H,1-4H3/b34-33+. The normalized spacial score (nSPS) is 13.8. The quantitative estimate of drug-likeness (QED) is 0.140. The molecular weight excluding hydrogens is 893 g/mol. The first kappa shape index (κ1) is 43.8. The van der Waals surface area contributed by atoms with Crippen LogP contribution in [0, 0.1) is 0 Å².